The van der Waals surface area contributed by atoms with E-state index in [4.69, 9.17) is 0 Å². The average Bonchev–Trinajstić information content (AvgIpc) is 3.20. The maximum atomic E-state index is 14.8. The summed E-state index contributed by atoms with van der Waals surface area (Å²) < 4.78 is 16.8. The first-order valence-corrected chi connectivity index (χ1v) is 11.4. The maximum absolute atomic E-state index is 14.8. The second-order valence-corrected chi connectivity index (χ2v) is 9.21. The molecule has 3 aromatic rings. The minimum absolute atomic E-state index is 0. The second-order valence-electron chi connectivity index (χ2n) is 9.21. The molecule has 33 heavy (non-hydrogen) atoms. The zero-order chi connectivity index (χ0) is 23.7. The number of carbonyl (C=O) groups is 2. The Hall–Kier alpha value is -3.29. The summed E-state index contributed by atoms with van der Waals surface area (Å²) in [6.45, 7) is 7.46. The van der Waals surface area contributed by atoms with Crippen LogP contribution in [0.2, 0.25) is 0 Å². The largest absolute Gasteiger partial charge is 0.354 e. The molecule has 2 heterocycles. The predicted octanol–water partition coefficient (Wildman–Crippen LogP) is 5.25. The summed E-state index contributed by atoms with van der Waals surface area (Å²) in [6.07, 6.45) is 6.52. The van der Waals surface area contributed by atoms with Gasteiger partial charge in [-0.15, -0.1) is 0 Å². The van der Waals surface area contributed by atoms with Gasteiger partial charge in [-0.05, 0) is 74.9 Å². The number of imidazole rings is 1. The molecule has 1 fully saturated rings. The van der Waals surface area contributed by atoms with Crippen molar-refractivity contribution in [2.75, 3.05) is 5.32 Å². The van der Waals surface area contributed by atoms with Gasteiger partial charge in [-0.25, -0.2) is 14.4 Å². The molecule has 178 valence electrons. The fraction of sp³-hybridized carbons (Fsp3) is 0.440. The Kier molecular flexibility index (Phi) is 6.44. The van der Waals surface area contributed by atoms with Crippen LogP contribution in [-0.2, 0) is 9.59 Å². The van der Waals surface area contributed by atoms with Gasteiger partial charge in [0.15, 0.2) is 5.82 Å². The molecule has 0 bridgehead atoms. The molecular formula is C25H34FN5O2. The van der Waals surface area contributed by atoms with E-state index < -0.39 is 0 Å². The first-order valence-electron chi connectivity index (χ1n) is 11.4. The molecule has 1 aliphatic rings. The predicted molar refractivity (Wildman–Crippen MR) is 130 cm³/mol. The average molecular weight is 456 g/mol. The monoisotopic (exact) mass is 455 g/mol. The SMILES string of the molecule is CC(=O)N[C@@H]1CCC[C@H](C(=O)Nc2cc(-c3cc(F)c4ncn(C(C)C)c4c3)c(C)cn2)C1.[HH].[HH]. The van der Waals surface area contributed by atoms with Crippen molar-refractivity contribution in [3.63, 3.8) is 0 Å². The summed E-state index contributed by atoms with van der Waals surface area (Å²) in [7, 11) is 0. The van der Waals surface area contributed by atoms with Crippen LogP contribution in [0.15, 0.2) is 30.7 Å². The van der Waals surface area contributed by atoms with Crippen molar-refractivity contribution in [3.8, 4) is 11.1 Å². The van der Waals surface area contributed by atoms with Gasteiger partial charge in [-0.1, -0.05) is 6.42 Å². The van der Waals surface area contributed by atoms with E-state index in [1.807, 2.05) is 31.4 Å². The summed E-state index contributed by atoms with van der Waals surface area (Å²) in [5.41, 5.74) is 3.47. The molecule has 0 radical (unpaired) electrons. The number of carbonyl (C=O) groups excluding carboxylic acids is 2. The lowest BCUT2D eigenvalue weighted by atomic mass is 9.85. The number of amides is 2. The Morgan fingerprint density at radius 3 is 2.73 bits per heavy atom. The molecule has 2 aromatic heterocycles. The number of pyridine rings is 1. The van der Waals surface area contributed by atoms with Crippen molar-refractivity contribution >= 4 is 28.7 Å². The number of rotatable bonds is 5. The lowest BCUT2D eigenvalue weighted by Gasteiger charge is -2.28. The summed E-state index contributed by atoms with van der Waals surface area (Å²) in [5, 5.41) is 5.85. The van der Waals surface area contributed by atoms with Gasteiger partial charge in [-0.3, -0.25) is 9.59 Å². The normalized spacial score (nSPS) is 18.5. The molecule has 4 rings (SSSR count). The van der Waals surface area contributed by atoms with Crippen molar-refractivity contribution in [2.24, 2.45) is 5.92 Å². The first kappa shape index (κ1) is 22.9. The molecule has 2 amide bonds. The van der Waals surface area contributed by atoms with Gasteiger partial charge in [0.2, 0.25) is 11.8 Å². The number of halogens is 1. The van der Waals surface area contributed by atoms with Gasteiger partial charge in [0.25, 0.3) is 0 Å². The molecule has 0 unspecified atom stereocenters. The van der Waals surface area contributed by atoms with Gasteiger partial charge < -0.3 is 15.2 Å². The molecule has 8 heteroatoms. The molecule has 0 spiro atoms. The maximum Gasteiger partial charge on any atom is 0.228 e. The van der Waals surface area contributed by atoms with Gasteiger partial charge in [0.1, 0.15) is 11.3 Å². The molecule has 1 aliphatic carbocycles. The van der Waals surface area contributed by atoms with Crippen molar-refractivity contribution in [1.29, 1.82) is 0 Å². The van der Waals surface area contributed by atoms with Crippen LogP contribution in [-0.4, -0.2) is 32.4 Å². The number of hydrogen-bond acceptors (Lipinski definition) is 4. The number of hydrogen-bond donors (Lipinski definition) is 2. The third-order valence-electron chi connectivity index (χ3n) is 6.31. The van der Waals surface area contributed by atoms with Crippen LogP contribution in [0.3, 0.4) is 0 Å². The van der Waals surface area contributed by atoms with Gasteiger partial charge in [-0.2, -0.15) is 0 Å². The molecular weight excluding hydrogens is 421 g/mol. The van der Waals surface area contributed by atoms with Crippen LogP contribution in [0.4, 0.5) is 10.2 Å². The van der Waals surface area contributed by atoms with Crippen LogP contribution >= 0.6 is 0 Å². The van der Waals surface area contributed by atoms with E-state index in [-0.39, 0.29) is 38.5 Å². The number of benzene rings is 1. The first-order chi connectivity index (χ1) is 15.7. The van der Waals surface area contributed by atoms with E-state index >= 15 is 0 Å². The van der Waals surface area contributed by atoms with Crippen LogP contribution in [0, 0.1) is 18.7 Å². The second kappa shape index (κ2) is 9.29. The van der Waals surface area contributed by atoms with Crippen LogP contribution in [0.1, 0.15) is 60.9 Å². The topological polar surface area (TPSA) is 88.9 Å². The summed E-state index contributed by atoms with van der Waals surface area (Å²) in [5.74, 6) is -0.313. The zero-order valence-electron chi connectivity index (χ0n) is 19.5. The van der Waals surface area contributed by atoms with E-state index in [9.17, 15) is 14.0 Å². The minimum atomic E-state index is -0.380. The highest BCUT2D eigenvalue weighted by atomic mass is 19.1. The van der Waals surface area contributed by atoms with E-state index in [1.165, 1.54) is 13.0 Å². The van der Waals surface area contributed by atoms with Crippen LogP contribution in [0.25, 0.3) is 22.2 Å². The van der Waals surface area contributed by atoms with Gasteiger partial charge >= 0.3 is 0 Å². The Labute approximate surface area is 195 Å². The fourth-order valence-corrected chi connectivity index (χ4v) is 4.64. The number of fused-ring (bicyclic) bond motifs is 1. The summed E-state index contributed by atoms with van der Waals surface area (Å²) >= 11 is 0. The van der Waals surface area contributed by atoms with Gasteiger partial charge in [0, 0.05) is 34.0 Å². The quantitative estimate of drug-likeness (QED) is 0.550. The van der Waals surface area contributed by atoms with Crippen LogP contribution < -0.4 is 10.6 Å². The van der Waals surface area contributed by atoms with Crippen molar-refractivity contribution < 1.29 is 16.8 Å². The number of aromatic nitrogens is 3. The molecule has 2 N–H and O–H groups in total. The number of nitrogens with one attached hydrogen (secondary N) is 2. The van der Waals surface area contributed by atoms with E-state index in [1.54, 1.807) is 18.6 Å². The number of aryl methyl sites for hydroxylation is 1. The van der Waals surface area contributed by atoms with E-state index in [0.717, 1.165) is 35.9 Å². The summed E-state index contributed by atoms with van der Waals surface area (Å²) in [6, 6.07) is 5.37. The highest BCUT2D eigenvalue weighted by molar-refractivity contribution is 5.93. The van der Waals surface area contributed by atoms with Crippen molar-refractivity contribution in [1.82, 2.24) is 19.9 Å². The zero-order valence-corrected chi connectivity index (χ0v) is 19.5. The Balaban J connectivity index is 0.00000216. The molecule has 7 nitrogen and oxygen atoms in total. The molecule has 0 saturated heterocycles. The third kappa shape index (κ3) is 4.89. The smallest absolute Gasteiger partial charge is 0.228 e. The van der Waals surface area contributed by atoms with Crippen molar-refractivity contribution in [2.45, 2.75) is 65.5 Å². The Morgan fingerprint density at radius 2 is 2.00 bits per heavy atom. The highest BCUT2D eigenvalue weighted by Crippen LogP contribution is 2.31. The van der Waals surface area contributed by atoms with Crippen molar-refractivity contribution in [3.05, 3.63) is 42.1 Å². The Bertz CT molecular complexity index is 1210. The number of anilines is 1. The minimum Gasteiger partial charge on any atom is -0.354 e. The third-order valence-corrected chi connectivity index (χ3v) is 6.31. The summed E-state index contributed by atoms with van der Waals surface area (Å²) in [4.78, 5) is 32.9. The fourth-order valence-electron chi connectivity index (χ4n) is 4.64. The highest BCUT2D eigenvalue weighted by Gasteiger charge is 2.28. The lowest BCUT2D eigenvalue weighted by molar-refractivity contribution is -0.123. The van der Waals surface area contributed by atoms with Crippen LogP contribution in [0.5, 0.6) is 0 Å². The molecule has 0 aliphatic heterocycles. The number of nitrogens with zero attached hydrogens (tertiary/aromatic N) is 3. The van der Waals surface area contributed by atoms with Gasteiger partial charge in [0.05, 0.1) is 11.8 Å². The lowest BCUT2D eigenvalue weighted by Crippen LogP contribution is -2.40. The molecule has 1 aromatic carbocycles. The molecule has 1 saturated carbocycles. The van der Waals surface area contributed by atoms with E-state index in [0.29, 0.717) is 23.3 Å². The molecule has 2 atom stereocenters. The standard InChI is InChI=1S/C25H30FN5O2.2H2/c1-14(2)31-13-28-24-21(26)9-18(10-22(24)31)20-11-23(27-12-15(20)3)30-25(33)17-6-5-7-19(8-17)29-16(4)32;;/h9-14,17,19H,5-8H2,1-4H3,(H,29,32)(H,27,30,33);2*1H/t17-,19+;;/m0../s1. The van der Waals surface area contributed by atoms with E-state index in [2.05, 4.69) is 20.6 Å². The Morgan fingerprint density at radius 1 is 1.21 bits per heavy atom.